The van der Waals surface area contributed by atoms with Crippen molar-refractivity contribution in [1.82, 2.24) is 19.9 Å². The van der Waals surface area contributed by atoms with Crippen LogP contribution in [0.25, 0.3) is 11.5 Å². The van der Waals surface area contributed by atoms with Crippen molar-refractivity contribution in [3.63, 3.8) is 0 Å². The van der Waals surface area contributed by atoms with Crippen LogP contribution in [0.1, 0.15) is 10.8 Å². The van der Waals surface area contributed by atoms with Gasteiger partial charge in [0.2, 0.25) is 11.8 Å². The van der Waals surface area contributed by atoms with Crippen LogP contribution in [0.4, 0.5) is 0 Å². The number of aromatic nitrogens is 3. The molecule has 0 aliphatic rings. The third-order valence-electron chi connectivity index (χ3n) is 2.79. The highest BCUT2D eigenvalue weighted by atomic mass is 32.2. The molecule has 0 saturated carbocycles. The molecule has 0 spiro atoms. The number of nitrogens with zero attached hydrogens (tertiary/aromatic N) is 3. The Labute approximate surface area is 131 Å². The summed E-state index contributed by atoms with van der Waals surface area (Å²) in [5, 5.41) is 7.72. The number of pyridine rings is 1. The Bertz CT molecular complexity index is 872. The highest BCUT2D eigenvalue weighted by Gasteiger charge is 2.17. The van der Waals surface area contributed by atoms with Crippen LogP contribution in [-0.4, -0.2) is 23.6 Å². The van der Waals surface area contributed by atoms with Gasteiger partial charge in [0.05, 0.1) is 6.54 Å². The minimum absolute atomic E-state index is 0.0582. The van der Waals surface area contributed by atoms with Crippen molar-refractivity contribution in [2.75, 3.05) is 0 Å². The average Bonchev–Trinajstić information content (AvgIpc) is 3.15. The molecule has 1 N–H and O–H groups in total. The predicted octanol–water partition coefficient (Wildman–Crippen LogP) is 1.98. The SMILES string of the molecule is Cc1ccc(S(=O)(=O)NCc2nnc(-c3ccncc3)o2)s1. The lowest BCUT2D eigenvalue weighted by Gasteiger charge is -2.01. The molecule has 0 radical (unpaired) electrons. The van der Waals surface area contributed by atoms with E-state index in [-0.39, 0.29) is 16.6 Å². The standard InChI is InChI=1S/C13H12N4O3S2/c1-9-2-3-12(21-9)22(18,19)15-8-11-16-17-13(20-11)10-4-6-14-7-5-10/h2-7,15H,8H2,1H3. The fourth-order valence-electron chi connectivity index (χ4n) is 1.72. The van der Waals surface area contributed by atoms with Crippen molar-refractivity contribution >= 4 is 21.4 Å². The molecule has 7 nitrogen and oxygen atoms in total. The number of rotatable bonds is 5. The minimum atomic E-state index is -3.56. The molecule has 3 heterocycles. The molecule has 0 fully saturated rings. The van der Waals surface area contributed by atoms with E-state index in [0.717, 1.165) is 10.4 Å². The Balaban J connectivity index is 1.71. The van der Waals surface area contributed by atoms with E-state index in [0.29, 0.717) is 5.89 Å². The maximum atomic E-state index is 12.1. The van der Waals surface area contributed by atoms with E-state index in [9.17, 15) is 8.42 Å². The van der Waals surface area contributed by atoms with Crippen LogP contribution >= 0.6 is 11.3 Å². The van der Waals surface area contributed by atoms with Crippen molar-refractivity contribution in [2.24, 2.45) is 0 Å². The number of hydrogen-bond donors (Lipinski definition) is 1. The Morgan fingerprint density at radius 2 is 1.95 bits per heavy atom. The highest BCUT2D eigenvalue weighted by Crippen LogP contribution is 2.21. The maximum Gasteiger partial charge on any atom is 0.250 e. The summed E-state index contributed by atoms with van der Waals surface area (Å²) in [6.45, 7) is 1.79. The molecule has 0 atom stereocenters. The van der Waals surface area contributed by atoms with Gasteiger partial charge in [0.15, 0.2) is 0 Å². The van der Waals surface area contributed by atoms with Crippen LogP contribution < -0.4 is 4.72 Å². The summed E-state index contributed by atoms with van der Waals surface area (Å²) in [6, 6.07) is 6.79. The van der Waals surface area contributed by atoms with E-state index in [1.165, 1.54) is 11.3 Å². The zero-order valence-corrected chi connectivity index (χ0v) is 13.2. The smallest absolute Gasteiger partial charge is 0.250 e. The first-order valence-corrected chi connectivity index (χ1v) is 8.63. The number of thiophene rings is 1. The Kier molecular flexibility index (Phi) is 4.01. The Morgan fingerprint density at radius 1 is 1.18 bits per heavy atom. The van der Waals surface area contributed by atoms with Gasteiger partial charge in [-0.05, 0) is 31.2 Å². The van der Waals surface area contributed by atoms with Gasteiger partial charge in [0.25, 0.3) is 10.0 Å². The number of aryl methyl sites for hydroxylation is 1. The van der Waals surface area contributed by atoms with E-state index >= 15 is 0 Å². The van der Waals surface area contributed by atoms with Crippen molar-refractivity contribution in [1.29, 1.82) is 0 Å². The summed E-state index contributed by atoms with van der Waals surface area (Å²) in [7, 11) is -3.56. The fourth-order valence-corrected chi connectivity index (χ4v) is 4.02. The zero-order chi connectivity index (χ0) is 15.6. The molecule has 0 aliphatic heterocycles. The first kappa shape index (κ1) is 14.8. The van der Waals surface area contributed by atoms with E-state index < -0.39 is 10.0 Å². The molecule has 114 valence electrons. The van der Waals surface area contributed by atoms with Gasteiger partial charge in [-0.25, -0.2) is 13.1 Å². The monoisotopic (exact) mass is 336 g/mol. The summed E-state index contributed by atoms with van der Waals surface area (Å²) in [6.07, 6.45) is 3.22. The third kappa shape index (κ3) is 3.21. The molecule has 0 unspecified atom stereocenters. The average molecular weight is 336 g/mol. The summed E-state index contributed by atoms with van der Waals surface area (Å²) < 4.78 is 32.3. The minimum Gasteiger partial charge on any atom is -0.419 e. The molecular weight excluding hydrogens is 324 g/mol. The summed E-state index contributed by atoms with van der Waals surface area (Å²) >= 11 is 1.21. The Morgan fingerprint density at radius 3 is 2.64 bits per heavy atom. The van der Waals surface area contributed by atoms with Crippen LogP contribution in [0.15, 0.2) is 45.3 Å². The summed E-state index contributed by atoms with van der Waals surface area (Å²) in [5.74, 6) is 0.521. The molecule has 3 rings (SSSR count). The predicted molar refractivity (Wildman–Crippen MR) is 80.6 cm³/mol. The van der Waals surface area contributed by atoms with Gasteiger partial charge in [0.1, 0.15) is 4.21 Å². The first-order chi connectivity index (χ1) is 10.5. The second kappa shape index (κ2) is 5.95. The van der Waals surface area contributed by atoms with Crippen LogP contribution in [0.2, 0.25) is 0 Å². The molecular formula is C13H12N4O3S2. The van der Waals surface area contributed by atoms with Crippen LogP contribution in [0, 0.1) is 6.92 Å². The van der Waals surface area contributed by atoms with Crippen molar-refractivity contribution < 1.29 is 12.8 Å². The molecule has 0 amide bonds. The molecule has 0 saturated heterocycles. The van der Waals surface area contributed by atoms with Crippen LogP contribution in [0.5, 0.6) is 0 Å². The second-order valence-corrected chi connectivity index (χ2v) is 7.71. The van der Waals surface area contributed by atoms with Gasteiger partial charge >= 0.3 is 0 Å². The van der Waals surface area contributed by atoms with E-state index in [4.69, 9.17) is 4.42 Å². The molecule has 9 heteroatoms. The highest BCUT2D eigenvalue weighted by molar-refractivity contribution is 7.91. The fraction of sp³-hybridized carbons (Fsp3) is 0.154. The van der Waals surface area contributed by atoms with Crippen LogP contribution in [-0.2, 0) is 16.6 Å². The van der Waals surface area contributed by atoms with Gasteiger partial charge in [0, 0.05) is 22.8 Å². The Hall–Kier alpha value is -2.10. The van der Waals surface area contributed by atoms with Gasteiger partial charge in [-0.2, -0.15) is 0 Å². The molecule has 3 aromatic heterocycles. The van der Waals surface area contributed by atoms with Crippen molar-refractivity contribution in [2.45, 2.75) is 17.7 Å². The quantitative estimate of drug-likeness (QED) is 0.765. The van der Waals surface area contributed by atoms with Crippen molar-refractivity contribution in [3.05, 3.63) is 47.4 Å². The first-order valence-electron chi connectivity index (χ1n) is 6.33. The molecule has 0 bridgehead atoms. The largest absolute Gasteiger partial charge is 0.419 e. The number of hydrogen-bond acceptors (Lipinski definition) is 7. The molecule has 0 aliphatic carbocycles. The molecule has 22 heavy (non-hydrogen) atoms. The maximum absolute atomic E-state index is 12.1. The van der Waals surface area contributed by atoms with Gasteiger partial charge in [-0.1, -0.05) is 0 Å². The summed E-state index contributed by atoms with van der Waals surface area (Å²) in [4.78, 5) is 4.83. The second-order valence-electron chi connectivity index (χ2n) is 4.43. The third-order valence-corrected chi connectivity index (χ3v) is 5.68. The normalized spacial score (nSPS) is 11.7. The number of sulfonamides is 1. The van der Waals surface area contributed by atoms with E-state index in [1.54, 1.807) is 36.7 Å². The van der Waals surface area contributed by atoms with Crippen molar-refractivity contribution in [3.8, 4) is 11.5 Å². The van der Waals surface area contributed by atoms with E-state index in [1.807, 2.05) is 6.92 Å². The summed E-state index contributed by atoms with van der Waals surface area (Å²) in [5.41, 5.74) is 0.727. The topological polar surface area (TPSA) is 98.0 Å². The van der Waals surface area contributed by atoms with Gasteiger partial charge < -0.3 is 4.42 Å². The van der Waals surface area contributed by atoms with E-state index in [2.05, 4.69) is 19.9 Å². The number of nitrogens with one attached hydrogen (secondary N) is 1. The molecule has 0 aromatic carbocycles. The van der Waals surface area contributed by atoms with Crippen LogP contribution in [0.3, 0.4) is 0 Å². The lowest BCUT2D eigenvalue weighted by Crippen LogP contribution is -2.22. The molecule has 3 aromatic rings. The van der Waals surface area contributed by atoms with Gasteiger partial charge in [-0.3, -0.25) is 4.98 Å². The lowest BCUT2D eigenvalue weighted by atomic mass is 10.3. The lowest BCUT2D eigenvalue weighted by molar-refractivity contribution is 0.494. The zero-order valence-electron chi connectivity index (χ0n) is 11.6. The van der Waals surface area contributed by atoms with Gasteiger partial charge in [-0.15, -0.1) is 21.5 Å².